The predicted octanol–water partition coefficient (Wildman–Crippen LogP) is 2.78. The zero-order valence-electron chi connectivity index (χ0n) is 12.2. The number of unbranched alkanes of at least 4 members (excludes halogenated alkanes) is 6. The van der Waals surface area contributed by atoms with Crippen molar-refractivity contribution in [1.82, 2.24) is 9.13 Å². The molecule has 4 heteroatoms. The van der Waals surface area contributed by atoms with Gasteiger partial charge in [-0.1, -0.05) is 45.4 Å². The van der Waals surface area contributed by atoms with E-state index in [-0.39, 0.29) is 11.2 Å². The molecule has 0 aliphatic rings. The average molecular weight is 266 g/mol. The minimum absolute atomic E-state index is 0.180. The van der Waals surface area contributed by atoms with E-state index in [1.54, 1.807) is 10.8 Å². The van der Waals surface area contributed by atoms with Gasteiger partial charge in [-0.2, -0.15) is 0 Å². The summed E-state index contributed by atoms with van der Waals surface area (Å²) in [5, 5.41) is 0. The van der Waals surface area contributed by atoms with Crippen molar-refractivity contribution < 1.29 is 0 Å². The van der Waals surface area contributed by atoms with Crippen LogP contribution in [0, 0.1) is 0 Å². The largest absolute Gasteiger partial charge is 0.330 e. The number of nitrogens with zero attached hydrogens (tertiary/aromatic N) is 2. The zero-order valence-corrected chi connectivity index (χ0v) is 12.2. The molecule has 0 aromatic carbocycles. The van der Waals surface area contributed by atoms with Crippen molar-refractivity contribution in [3.63, 3.8) is 0 Å². The summed E-state index contributed by atoms with van der Waals surface area (Å²) in [6.45, 7) is 5.27. The molecule has 108 valence electrons. The van der Waals surface area contributed by atoms with Gasteiger partial charge in [-0.15, -0.1) is 0 Å². The van der Waals surface area contributed by atoms with Gasteiger partial charge in [-0.3, -0.25) is 9.36 Å². The first-order chi connectivity index (χ1) is 9.20. The topological polar surface area (TPSA) is 44.0 Å². The molecule has 0 unspecified atom stereocenters. The molecule has 0 fully saturated rings. The molecule has 0 N–H and O–H groups in total. The van der Waals surface area contributed by atoms with Crippen LogP contribution >= 0.6 is 0 Å². The maximum atomic E-state index is 12.0. The minimum Gasteiger partial charge on any atom is -0.301 e. The molecule has 1 rings (SSSR count). The average Bonchev–Trinajstić information content (AvgIpc) is 2.41. The highest BCUT2D eigenvalue weighted by Crippen LogP contribution is 2.06. The minimum atomic E-state index is -0.180. The van der Waals surface area contributed by atoms with Gasteiger partial charge in [0.15, 0.2) is 0 Å². The van der Waals surface area contributed by atoms with Crippen LogP contribution in [-0.2, 0) is 13.1 Å². The molecule has 0 spiro atoms. The van der Waals surface area contributed by atoms with Crippen LogP contribution in [0.5, 0.6) is 0 Å². The SMILES string of the molecule is CCCCCCCCCn1c(=O)ccn(CC)c1=O. The summed E-state index contributed by atoms with van der Waals surface area (Å²) in [4.78, 5) is 23.6. The van der Waals surface area contributed by atoms with Gasteiger partial charge in [0.25, 0.3) is 5.56 Å². The number of rotatable bonds is 9. The Balaban J connectivity index is 2.41. The van der Waals surface area contributed by atoms with Crippen molar-refractivity contribution >= 4 is 0 Å². The molecule has 0 saturated heterocycles. The Kier molecular flexibility index (Phi) is 7.23. The molecule has 1 heterocycles. The van der Waals surface area contributed by atoms with E-state index in [2.05, 4.69) is 6.92 Å². The highest BCUT2D eigenvalue weighted by Gasteiger charge is 2.03. The number of hydrogen-bond acceptors (Lipinski definition) is 2. The fourth-order valence-corrected chi connectivity index (χ4v) is 2.23. The molecule has 1 aromatic heterocycles. The molecule has 0 saturated carbocycles. The summed E-state index contributed by atoms with van der Waals surface area (Å²) in [6, 6.07) is 1.48. The van der Waals surface area contributed by atoms with Gasteiger partial charge in [-0.25, -0.2) is 4.79 Å². The lowest BCUT2D eigenvalue weighted by Crippen LogP contribution is -2.38. The zero-order chi connectivity index (χ0) is 14.1. The van der Waals surface area contributed by atoms with Gasteiger partial charge in [0.05, 0.1) is 0 Å². The van der Waals surface area contributed by atoms with E-state index in [1.165, 1.54) is 42.7 Å². The number of aryl methyl sites for hydroxylation is 1. The predicted molar refractivity (Wildman–Crippen MR) is 78.6 cm³/mol. The van der Waals surface area contributed by atoms with Crippen molar-refractivity contribution in [2.75, 3.05) is 0 Å². The summed E-state index contributed by atoms with van der Waals surface area (Å²) in [7, 11) is 0. The Bertz CT molecular complexity index is 474. The van der Waals surface area contributed by atoms with E-state index in [0.29, 0.717) is 13.1 Å². The highest BCUT2D eigenvalue weighted by molar-refractivity contribution is 4.86. The van der Waals surface area contributed by atoms with Gasteiger partial charge < -0.3 is 4.57 Å². The van der Waals surface area contributed by atoms with Gasteiger partial charge in [0.1, 0.15) is 0 Å². The Morgan fingerprint density at radius 2 is 1.58 bits per heavy atom. The molecule has 0 amide bonds. The second kappa shape index (κ2) is 8.73. The lowest BCUT2D eigenvalue weighted by atomic mass is 10.1. The maximum absolute atomic E-state index is 12.0. The van der Waals surface area contributed by atoms with Crippen molar-refractivity contribution in [3.8, 4) is 0 Å². The number of aromatic nitrogens is 2. The van der Waals surface area contributed by atoms with E-state index < -0.39 is 0 Å². The van der Waals surface area contributed by atoms with Crippen LogP contribution in [0.15, 0.2) is 21.9 Å². The lowest BCUT2D eigenvalue weighted by Gasteiger charge is -2.07. The van der Waals surface area contributed by atoms with Crippen molar-refractivity contribution in [3.05, 3.63) is 33.1 Å². The molecule has 0 bridgehead atoms. The summed E-state index contributed by atoms with van der Waals surface area (Å²) >= 11 is 0. The molecular formula is C15H26N2O2. The smallest absolute Gasteiger partial charge is 0.301 e. The first-order valence-electron chi connectivity index (χ1n) is 7.51. The van der Waals surface area contributed by atoms with Crippen LogP contribution in [0.3, 0.4) is 0 Å². The van der Waals surface area contributed by atoms with E-state index in [4.69, 9.17) is 0 Å². The molecule has 1 aromatic rings. The van der Waals surface area contributed by atoms with Crippen LogP contribution < -0.4 is 11.2 Å². The fourth-order valence-electron chi connectivity index (χ4n) is 2.23. The Hall–Kier alpha value is -1.32. The summed E-state index contributed by atoms with van der Waals surface area (Å²) in [6.07, 6.45) is 9.90. The lowest BCUT2D eigenvalue weighted by molar-refractivity contribution is 0.509. The molecule has 19 heavy (non-hydrogen) atoms. The van der Waals surface area contributed by atoms with E-state index in [1.807, 2.05) is 6.92 Å². The number of hydrogen-bond donors (Lipinski definition) is 0. The second-order valence-electron chi connectivity index (χ2n) is 5.00. The van der Waals surface area contributed by atoms with Crippen molar-refractivity contribution in [2.45, 2.75) is 71.9 Å². The third-order valence-electron chi connectivity index (χ3n) is 3.47. The third-order valence-corrected chi connectivity index (χ3v) is 3.47. The normalized spacial score (nSPS) is 10.8. The van der Waals surface area contributed by atoms with Gasteiger partial charge in [0, 0.05) is 25.4 Å². The first kappa shape index (κ1) is 15.7. The van der Waals surface area contributed by atoms with Gasteiger partial charge in [-0.05, 0) is 13.3 Å². The van der Waals surface area contributed by atoms with Gasteiger partial charge >= 0.3 is 5.69 Å². The van der Waals surface area contributed by atoms with Crippen molar-refractivity contribution in [1.29, 1.82) is 0 Å². The Labute approximate surface area is 115 Å². The molecule has 4 nitrogen and oxygen atoms in total. The van der Waals surface area contributed by atoms with Crippen LogP contribution in [0.2, 0.25) is 0 Å². The van der Waals surface area contributed by atoms with Crippen LogP contribution in [-0.4, -0.2) is 9.13 Å². The monoisotopic (exact) mass is 266 g/mol. The van der Waals surface area contributed by atoms with E-state index >= 15 is 0 Å². The molecule has 0 aliphatic carbocycles. The molecule has 0 atom stereocenters. The summed E-state index contributed by atoms with van der Waals surface area (Å²) < 4.78 is 2.93. The van der Waals surface area contributed by atoms with Crippen LogP contribution in [0.25, 0.3) is 0 Å². The Morgan fingerprint density at radius 1 is 0.947 bits per heavy atom. The summed E-state index contributed by atoms with van der Waals surface area (Å²) in [5.41, 5.74) is -0.360. The second-order valence-corrected chi connectivity index (χ2v) is 5.00. The van der Waals surface area contributed by atoms with E-state index in [0.717, 1.165) is 12.8 Å². The quantitative estimate of drug-likeness (QED) is 0.645. The van der Waals surface area contributed by atoms with Crippen molar-refractivity contribution in [2.24, 2.45) is 0 Å². The standard InChI is InChI=1S/C15H26N2O2/c1-3-5-6-7-8-9-10-12-17-14(18)11-13-16(4-2)15(17)19/h11,13H,3-10,12H2,1-2H3. The highest BCUT2D eigenvalue weighted by atomic mass is 16.2. The van der Waals surface area contributed by atoms with Crippen LogP contribution in [0.1, 0.15) is 58.8 Å². The Morgan fingerprint density at radius 3 is 2.21 bits per heavy atom. The first-order valence-corrected chi connectivity index (χ1v) is 7.51. The van der Waals surface area contributed by atoms with Crippen LogP contribution in [0.4, 0.5) is 0 Å². The van der Waals surface area contributed by atoms with Gasteiger partial charge in [0.2, 0.25) is 0 Å². The maximum Gasteiger partial charge on any atom is 0.330 e. The fraction of sp³-hybridized carbons (Fsp3) is 0.733. The molecule has 0 radical (unpaired) electrons. The summed E-state index contributed by atoms with van der Waals surface area (Å²) in [5.74, 6) is 0. The molecule has 0 aliphatic heterocycles. The third kappa shape index (κ3) is 5.05. The molecular weight excluding hydrogens is 240 g/mol. The van der Waals surface area contributed by atoms with E-state index in [9.17, 15) is 9.59 Å².